The third kappa shape index (κ3) is 1.50. The lowest BCUT2D eigenvalue weighted by Crippen LogP contribution is -3.00. The second-order valence-corrected chi connectivity index (χ2v) is 2.21. The van der Waals surface area contributed by atoms with Gasteiger partial charge in [-0.25, -0.2) is 4.98 Å². The van der Waals surface area contributed by atoms with Crippen LogP contribution in [0.2, 0.25) is 0 Å². The molecule has 0 saturated heterocycles. The summed E-state index contributed by atoms with van der Waals surface area (Å²) in [4.78, 5) is 5.40. The van der Waals surface area contributed by atoms with E-state index in [9.17, 15) is 0 Å². The fourth-order valence-corrected chi connectivity index (χ4v) is 0.659. The van der Waals surface area contributed by atoms with Crippen molar-refractivity contribution in [3.63, 3.8) is 0 Å². The molecule has 1 N–H and O–H groups in total. The Morgan fingerprint density at radius 1 is 1.33 bits per heavy atom. The number of nitrogens with zero attached hydrogens (tertiary/aromatic N) is 1. The Bertz CT molecular complexity index is 170. The molecule has 0 aliphatic carbocycles. The fraction of sp³-hybridized carbons (Fsp3) is 0.286. The van der Waals surface area contributed by atoms with Gasteiger partial charge in [-0.2, -0.15) is 0 Å². The summed E-state index contributed by atoms with van der Waals surface area (Å²) in [5, 5.41) is 0. The summed E-state index contributed by atoms with van der Waals surface area (Å²) in [5.74, 6) is 1.08. The molecule has 0 bridgehead atoms. The van der Waals surface area contributed by atoms with Crippen molar-refractivity contribution in [3.05, 3.63) is 24.4 Å². The summed E-state index contributed by atoms with van der Waals surface area (Å²) < 4.78 is 0. The van der Waals surface area contributed by atoms with E-state index in [1.165, 1.54) is 4.90 Å². The van der Waals surface area contributed by atoms with Crippen LogP contribution in [0.25, 0.3) is 0 Å². The van der Waals surface area contributed by atoms with Gasteiger partial charge in [0.2, 0.25) is 5.82 Å². The first kappa shape index (κ1) is 6.23. The van der Waals surface area contributed by atoms with E-state index in [1.807, 2.05) is 24.4 Å². The van der Waals surface area contributed by atoms with E-state index < -0.39 is 0 Å². The Balaban J connectivity index is 2.85. The first-order valence-electron chi connectivity index (χ1n) is 3.02. The van der Waals surface area contributed by atoms with Crippen LogP contribution in [0.15, 0.2) is 24.4 Å². The highest BCUT2D eigenvalue weighted by Crippen LogP contribution is 1.89. The Morgan fingerprint density at radius 2 is 2.11 bits per heavy atom. The molecular formula is C7H11N2+. The molecule has 0 aliphatic heterocycles. The van der Waals surface area contributed by atoms with E-state index in [0.717, 1.165) is 5.82 Å². The Hall–Kier alpha value is -0.890. The van der Waals surface area contributed by atoms with Gasteiger partial charge in [0.15, 0.2) is 0 Å². The molecule has 48 valence electrons. The Kier molecular flexibility index (Phi) is 1.80. The van der Waals surface area contributed by atoms with Gasteiger partial charge < -0.3 is 0 Å². The van der Waals surface area contributed by atoms with Crippen LogP contribution in [0.1, 0.15) is 0 Å². The molecule has 0 saturated carbocycles. The molecule has 1 rings (SSSR count). The van der Waals surface area contributed by atoms with Crippen molar-refractivity contribution < 1.29 is 4.90 Å². The van der Waals surface area contributed by atoms with Gasteiger partial charge in [0.05, 0.1) is 14.1 Å². The van der Waals surface area contributed by atoms with E-state index in [0.29, 0.717) is 0 Å². The molecule has 0 unspecified atom stereocenters. The predicted molar refractivity (Wildman–Crippen MR) is 36.7 cm³/mol. The topological polar surface area (TPSA) is 17.3 Å². The maximum absolute atomic E-state index is 4.14. The van der Waals surface area contributed by atoms with Crippen LogP contribution in [0, 0.1) is 0 Å². The molecule has 9 heavy (non-hydrogen) atoms. The minimum absolute atomic E-state index is 1.08. The Morgan fingerprint density at radius 3 is 2.44 bits per heavy atom. The second-order valence-electron chi connectivity index (χ2n) is 2.21. The monoisotopic (exact) mass is 123 g/mol. The van der Waals surface area contributed by atoms with Crippen molar-refractivity contribution in [2.45, 2.75) is 0 Å². The standard InChI is InChI=1S/C7H10N2/c1-9(2)7-5-3-4-6-8-7/h3-6H,1-2H3/p+1. The molecule has 0 aromatic carbocycles. The van der Waals surface area contributed by atoms with Crippen LogP contribution in [0.5, 0.6) is 0 Å². The zero-order chi connectivity index (χ0) is 6.69. The zero-order valence-corrected chi connectivity index (χ0v) is 5.76. The van der Waals surface area contributed by atoms with Crippen LogP contribution in [0.3, 0.4) is 0 Å². The van der Waals surface area contributed by atoms with Gasteiger partial charge in [-0.05, 0) is 6.07 Å². The van der Waals surface area contributed by atoms with Crippen LogP contribution in [0.4, 0.5) is 5.82 Å². The lowest BCUT2D eigenvalue weighted by Gasteiger charge is -2.02. The molecular weight excluding hydrogens is 112 g/mol. The number of nitrogens with one attached hydrogen (secondary N) is 1. The van der Waals surface area contributed by atoms with E-state index in [2.05, 4.69) is 19.1 Å². The lowest BCUT2D eigenvalue weighted by molar-refractivity contribution is -0.789. The third-order valence-electron chi connectivity index (χ3n) is 1.18. The van der Waals surface area contributed by atoms with Crippen LogP contribution in [-0.2, 0) is 0 Å². The molecule has 0 amide bonds. The highest BCUT2D eigenvalue weighted by atomic mass is 15.1. The fourth-order valence-electron chi connectivity index (χ4n) is 0.659. The van der Waals surface area contributed by atoms with Gasteiger partial charge in [0.25, 0.3) is 0 Å². The number of hydrogen-bond donors (Lipinski definition) is 1. The van der Waals surface area contributed by atoms with Crippen molar-refractivity contribution in [2.24, 2.45) is 0 Å². The van der Waals surface area contributed by atoms with Crippen molar-refractivity contribution in [1.82, 2.24) is 4.98 Å². The number of quaternary nitrogens is 1. The average Bonchev–Trinajstić information content (AvgIpc) is 1.90. The zero-order valence-electron chi connectivity index (χ0n) is 5.76. The van der Waals surface area contributed by atoms with Crippen LogP contribution < -0.4 is 4.90 Å². The van der Waals surface area contributed by atoms with E-state index in [-0.39, 0.29) is 0 Å². The summed E-state index contributed by atoms with van der Waals surface area (Å²) in [6.45, 7) is 0. The van der Waals surface area contributed by atoms with Crippen molar-refractivity contribution in [2.75, 3.05) is 14.1 Å². The lowest BCUT2D eigenvalue weighted by atomic mass is 10.4. The van der Waals surface area contributed by atoms with E-state index in [4.69, 9.17) is 0 Å². The molecule has 1 aromatic heterocycles. The number of hydrogen-bond acceptors (Lipinski definition) is 1. The molecule has 2 heteroatoms. The number of pyridine rings is 1. The molecule has 0 aliphatic rings. The molecule has 2 nitrogen and oxygen atoms in total. The molecule has 0 spiro atoms. The smallest absolute Gasteiger partial charge is 0.225 e. The maximum atomic E-state index is 4.14. The molecule has 0 atom stereocenters. The third-order valence-corrected chi connectivity index (χ3v) is 1.18. The van der Waals surface area contributed by atoms with Crippen molar-refractivity contribution >= 4 is 5.82 Å². The first-order valence-corrected chi connectivity index (χ1v) is 3.02. The normalized spacial score (nSPS) is 10.1. The van der Waals surface area contributed by atoms with E-state index >= 15 is 0 Å². The quantitative estimate of drug-likeness (QED) is 0.550. The predicted octanol–water partition coefficient (Wildman–Crippen LogP) is -0.142. The van der Waals surface area contributed by atoms with Gasteiger partial charge in [0, 0.05) is 12.3 Å². The number of rotatable bonds is 1. The summed E-state index contributed by atoms with van der Waals surface area (Å²) >= 11 is 0. The summed E-state index contributed by atoms with van der Waals surface area (Å²) in [7, 11) is 4.12. The second kappa shape index (κ2) is 2.60. The van der Waals surface area contributed by atoms with Gasteiger partial charge in [-0.15, -0.1) is 0 Å². The molecule has 0 fully saturated rings. The molecule has 1 aromatic rings. The van der Waals surface area contributed by atoms with Crippen molar-refractivity contribution in [1.29, 1.82) is 0 Å². The van der Waals surface area contributed by atoms with E-state index in [1.54, 1.807) is 0 Å². The molecule has 0 radical (unpaired) electrons. The van der Waals surface area contributed by atoms with Gasteiger partial charge in [-0.3, -0.25) is 4.90 Å². The summed E-state index contributed by atoms with van der Waals surface area (Å²) in [6.07, 6.45) is 1.81. The SMILES string of the molecule is C[NH+](C)c1ccccn1. The van der Waals surface area contributed by atoms with Gasteiger partial charge in [-0.1, -0.05) is 6.07 Å². The maximum Gasteiger partial charge on any atom is 0.225 e. The average molecular weight is 123 g/mol. The van der Waals surface area contributed by atoms with Gasteiger partial charge >= 0.3 is 0 Å². The van der Waals surface area contributed by atoms with Crippen LogP contribution in [-0.4, -0.2) is 19.1 Å². The van der Waals surface area contributed by atoms with Gasteiger partial charge in [0.1, 0.15) is 0 Å². The summed E-state index contributed by atoms with van der Waals surface area (Å²) in [5.41, 5.74) is 0. The van der Waals surface area contributed by atoms with Crippen LogP contribution >= 0.6 is 0 Å². The van der Waals surface area contributed by atoms with Crippen molar-refractivity contribution in [3.8, 4) is 0 Å². The highest BCUT2D eigenvalue weighted by molar-refractivity contribution is 5.15. The first-order chi connectivity index (χ1) is 4.30. The largest absolute Gasteiger partial charge is 0.291 e. The minimum atomic E-state index is 1.08. The molecule has 1 heterocycles. The number of aromatic nitrogens is 1. The Labute approximate surface area is 55.1 Å². The minimum Gasteiger partial charge on any atom is -0.291 e. The summed E-state index contributed by atoms with van der Waals surface area (Å²) in [6, 6.07) is 5.93. The highest BCUT2D eigenvalue weighted by Gasteiger charge is 1.96.